The number of hydrogen-bond donors (Lipinski definition) is 2. The highest BCUT2D eigenvalue weighted by atomic mass is 32.2. The third-order valence-electron chi connectivity index (χ3n) is 5.95. The molecular weight excluding hydrogens is 470 g/mol. The predicted octanol–water partition coefficient (Wildman–Crippen LogP) is 5.19. The topological polar surface area (TPSA) is 82.8 Å². The number of thioether (sulfide) groups is 1. The number of carbonyl (C=O) groups excluding carboxylic acids is 1. The van der Waals surface area contributed by atoms with Crippen molar-refractivity contribution in [3.8, 4) is 5.75 Å². The summed E-state index contributed by atoms with van der Waals surface area (Å²) in [5.74, 6) is 0.0441. The van der Waals surface area contributed by atoms with Gasteiger partial charge in [0.2, 0.25) is 0 Å². The maximum Gasteiger partial charge on any atom is 0.250 e. The minimum absolute atomic E-state index is 0.122. The lowest BCUT2D eigenvalue weighted by Gasteiger charge is -2.21. The van der Waals surface area contributed by atoms with E-state index in [0.29, 0.717) is 12.1 Å². The fourth-order valence-electron chi connectivity index (χ4n) is 3.96. The number of anilines is 1. The molecule has 36 heavy (non-hydrogen) atoms. The number of hydrazone groups is 1. The highest BCUT2D eigenvalue weighted by Crippen LogP contribution is 2.26. The normalized spacial score (nSPS) is 11.3. The summed E-state index contributed by atoms with van der Waals surface area (Å²) in [6.07, 6.45) is 1.45. The van der Waals surface area contributed by atoms with Crippen molar-refractivity contribution in [2.24, 2.45) is 5.10 Å². The molecule has 0 bridgehead atoms. The molecule has 4 rings (SSSR count). The maximum absolute atomic E-state index is 12.5. The first-order chi connectivity index (χ1) is 17.5. The summed E-state index contributed by atoms with van der Waals surface area (Å²) >= 11 is 1.37. The van der Waals surface area contributed by atoms with E-state index in [1.807, 2.05) is 30.3 Å². The Morgan fingerprint density at radius 3 is 2.58 bits per heavy atom. The number of amides is 1. The second-order valence-corrected chi connectivity index (χ2v) is 9.39. The van der Waals surface area contributed by atoms with Gasteiger partial charge in [-0.25, -0.2) is 10.4 Å². The van der Waals surface area contributed by atoms with Gasteiger partial charge in [0, 0.05) is 30.4 Å². The van der Waals surface area contributed by atoms with Gasteiger partial charge in [0.15, 0.2) is 5.16 Å². The van der Waals surface area contributed by atoms with Crippen LogP contribution in [0.2, 0.25) is 0 Å². The number of para-hydroxylation sites is 2. The van der Waals surface area contributed by atoms with Crippen molar-refractivity contribution in [3.05, 3.63) is 83.4 Å². The molecule has 0 aliphatic carbocycles. The largest absolute Gasteiger partial charge is 0.507 e. The Kier molecular flexibility index (Phi) is 8.28. The number of fused-ring (bicyclic) bond motifs is 1. The summed E-state index contributed by atoms with van der Waals surface area (Å²) in [6, 6.07) is 21.9. The average molecular weight is 502 g/mol. The summed E-state index contributed by atoms with van der Waals surface area (Å²) < 4.78 is 2.14. The Labute approximate surface area is 215 Å². The molecule has 1 amide bonds. The molecule has 2 N–H and O–H groups in total. The molecule has 3 aromatic carbocycles. The summed E-state index contributed by atoms with van der Waals surface area (Å²) in [5, 5.41) is 15.1. The van der Waals surface area contributed by atoms with Gasteiger partial charge in [0.1, 0.15) is 5.75 Å². The van der Waals surface area contributed by atoms with Gasteiger partial charge in [0.05, 0.1) is 29.5 Å². The van der Waals surface area contributed by atoms with Gasteiger partial charge < -0.3 is 14.6 Å². The van der Waals surface area contributed by atoms with E-state index in [9.17, 15) is 9.90 Å². The fraction of sp³-hybridized carbons (Fsp3) is 0.250. The summed E-state index contributed by atoms with van der Waals surface area (Å²) in [7, 11) is 0. The lowest BCUT2D eigenvalue weighted by Crippen LogP contribution is -2.21. The molecule has 0 aliphatic heterocycles. The molecular formula is C28H31N5O2S. The SMILES string of the molecule is CCN(CC)c1ccc(/C=N\NC(=O)CSc2nc3ccccc3n2Cc2ccc(C)cc2)c(O)c1. The van der Waals surface area contributed by atoms with Crippen LogP contribution < -0.4 is 10.3 Å². The lowest BCUT2D eigenvalue weighted by atomic mass is 10.1. The molecule has 0 saturated carbocycles. The number of phenolic OH excluding ortho intramolecular Hbond substituents is 1. The molecule has 0 unspecified atom stereocenters. The molecule has 0 radical (unpaired) electrons. The first-order valence-corrected chi connectivity index (χ1v) is 13.0. The summed E-state index contributed by atoms with van der Waals surface area (Å²) in [6.45, 7) is 8.60. The molecule has 0 atom stereocenters. The van der Waals surface area contributed by atoms with Gasteiger partial charge in [-0.15, -0.1) is 0 Å². The van der Waals surface area contributed by atoms with Crippen molar-refractivity contribution in [2.75, 3.05) is 23.7 Å². The van der Waals surface area contributed by atoms with E-state index in [2.05, 4.69) is 65.0 Å². The van der Waals surface area contributed by atoms with Crippen LogP contribution in [0.25, 0.3) is 11.0 Å². The predicted molar refractivity (Wildman–Crippen MR) is 148 cm³/mol. The van der Waals surface area contributed by atoms with Crippen LogP contribution >= 0.6 is 11.8 Å². The number of benzene rings is 3. The van der Waals surface area contributed by atoms with Crippen molar-refractivity contribution in [1.82, 2.24) is 15.0 Å². The Morgan fingerprint density at radius 2 is 1.86 bits per heavy atom. The van der Waals surface area contributed by atoms with E-state index in [-0.39, 0.29) is 17.4 Å². The van der Waals surface area contributed by atoms with Crippen molar-refractivity contribution < 1.29 is 9.90 Å². The molecule has 0 spiro atoms. The van der Waals surface area contributed by atoms with E-state index in [4.69, 9.17) is 4.98 Å². The van der Waals surface area contributed by atoms with E-state index in [1.165, 1.54) is 29.1 Å². The Morgan fingerprint density at radius 1 is 1.11 bits per heavy atom. The van der Waals surface area contributed by atoms with Crippen LogP contribution in [0, 0.1) is 6.92 Å². The molecule has 186 valence electrons. The van der Waals surface area contributed by atoms with E-state index in [1.54, 1.807) is 12.1 Å². The second-order valence-electron chi connectivity index (χ2n) is 8.45. The average Bonchev–Trinajstić information content (AvgIpc) is 3.23. The number of imidazole rings is 1. The zero-order chi connectivity index (χ0) is 25.5. The van der Waals surface area contributed by atoms with Crippen molar-refractivity contribution >= 4 is 40.6 Å². The van der Waals surface area contributed by atoms with Crippen molar-refractivity contribution in [3.63, 3.8) is 0 Å². The Balaban J connectivity index is 1.40. The zero-order valence-electron chi connectivity index (χ0n) is 20.8. The molecule has 0 aliphatic rings. The van der Waals surface area contributed by atoms with Gasteiger partial charge in [-0.2, -0.15) is 5.10 Å². The van der Waals surface area contributed by atoms with Crippen LogP contribution in [0.15, 0.2) is 77.0 Å². The molecule has 1 aromatic heterocycles. The van der Waals surface area contributed by atoms with Gasteiger partial charge in [-0.1, -0.05) is 53.7 Å². The quantitative estimate of drug-likeness (QED) is 0.178. The molecule has 0 saturated heterocycles. The Hall–Kier alpha value is -3.78. The number of carbonyl (C=O) groups is 1. The van der Waals surface area contributed by atoms with Crippen LogP contribution in [0.1, 0.15) is 30.5 Å². The molecule has 7 nitrogen and oxygen atoms in total. The molecule has 4 aromatic rings. The fourth-order valence-corrected chi connectivity index (χ4v) is 4.76. The zero-order valence-corrected chi connectivity index (χ0v) is 21.6. The van der Waals surface area contributed by atoms with E-state index >= 15 is 0 Å². The van der Waals surface area contributed by atoms with Crippen LogP contribution in [0.3, 0.4) is 0 Å². The highest BCUT2D eigenvalue weighted by molar-refractivity contribution is 7.99. The number of aromatic nitrogens is 2. The lowest BCUT2D eigenvalue weighted by molar-refractivity contribution is -0.118. The first-order valence-electron chi connectivity index (χ1n) is 12.0. The van der Waals surface area contributed by atoms with Crippen LogP contribution in [-0.4, -0.2) is 45.6 Å². The number of hydrogen-bond acceptors (Lipinski definition) is 6. The minimum atomic E-state index is -0.246. The number of nitrogens with zero attached hydrogens (tertiary/aromatic N) is 4. The highest BCUT2D eigenvalue weighted by Gasteiger charge is 2.13. The summed E-state index contributed by atoms with van der Waals surface area (Å²) in [4.78, 5) is 19.4. The molecule has 1 heterocycles. The molecule has 8 heteroatoms. The molecule has 0 fully saturated rings. The van der Waals surface area contributed by atoms with Crippen LogP contribution in [0.5, 0.6) is 5.75 Å². The number of aryl methyl sites for hydroxylation is 1. The second kappa shape index (κ2) is 11.8. The van der Waals surface area contributed by atoms with Crippen molar-refractivity contribution in [1.29, 1.82) is 0 Å². The van der Waals surface area contributed by atoms with Gasteiger partial charge in [0.25, 0.3) is 5.91 Å². The number of rotatable bonds is 10. The first kappa shape index (κ1) is 25.3. The van der Waals surface area contributed by atoms with Gasteiger partial charge in [-0.3, -0.25) is 4.79 Å². The monoisotopic (exact) mass is 501 g/mol. The summed E-state index contributed by atoms with van der Waals surface area (Å²) in [5.41, 5.74) is 8.35. The number of nitrogens with one attached hydrogen (secondary N) is 1. The third-order valence-corrected chi connectivity index (χ3v) is 6.93. The minimum Gasteiger partial charge on any atom is -0.507 e. The third kappa shape index (κ3) is 6.07. The number of phenols is 1. The smallest absolute Gasteiger partial charge is 0.250 e. The standard InChI is InChI=1S/C28H31N5O2S/c1-4-32(5-2)23-15-14-22(26(34)16-23)17-29-31-27(35)19-36-28-30-24-8-6-7-9-25(24)33(28)18-21-12-10-20(3)11-13-21/h6-17,34H,4-5,18-19H2,1-3H3,(H,31,35)/b29-17-. The van der Waals surface area contributed by atoms with Crippen LogP contribution in [0.4, 0.5) is 5.69 Å². The van der Waals surface area contributed by atoms with Gasteiger partial charge >= 0.3 is 0 Å². The van der Waals surface area contributed by atoms with Crippen molar-refractivity contribution in [2.45, 2.75) is 32.5 Å². The number of aromatic hydroxyl groups is 1. The van der Waals surface area contributed by atoms with E-state index < -0.39 is 0 Å². The Bertz CT molecular complexity index is 1360. The van der Waals surface area contributed by atoms with Gasteiger partial charge in [-0.05, 0) is 50.6 Å². The van der Waals surface area contributed by atoms with E-state index in [0.717, 1.165) is 35.0 Å². The maximum atomic E-state index is 12.5. The van der Waals surface area contributed by atoms with Crippen LogP contribution in [-0.2, 0) is 11.3 Å².